The van der Waals surface area contributed by atoms with Gasteiger partial charge in [-0.25, -0.2) is 4.98 Å². The van der Waals surface area contributed by atoms with E-state index >= 15 is 0 Å². The summed E-state index contributed by atoms with van der Waals surface area (Å²) in [5.74, 6) is 1.20. The smallest absolute Gasteiger partial charge is 0.219 e. The second-order valence-electron chi connectivity index (χ2n) is 4.75. The fourth-order valence-electron chi connectivity index (χ4n) is 2.23. The van der Waals surface area contributed by atoms with Crippen LogP contribution in [-0.2, 0) is 6.61 Å². The van der Waals surface area contributed by atoms with E-state index in [1.807, 2.05) is 49.4 Å². The number of aromatic nitrogens is 1. The van der Waals surface area contributed by atoms with Gasteiger partial charge in [-0.05, 0) is 30.7 Å². The summed E-state index contributed by atoms with van der Waals surface area (Å²) in [5, 5.41) is 11.8. The lowest BCUT2D eigenvalue weighted by molar-refractivity contribution is 0.280. The van der Waals surface area contributed by atoms with Gasteiger partial charge in [0.05, 0.1) is 6.61 Å². The van der Waals surface area contributed by atoms with E-state index in [4.69, 9.17) is 16.3 Å². The largest absolute Gasteiger partial charge is 0.438 e. The summed E-state index contributed by atoms with van der Waals surface area (Å²) in [6.07, 6.45) is 0. The van der Waals surface area contributed by atoms with Crippen LogP contribution in [0.15, 0.2) is 48.5 Å². The van der Waals surface area contributed by atoms with Gasteiger partial charge in [-0.1, -0.05) is 35.9 Å². The highest BCUT2D eigenvalue weighted by Crippen LogP contribution is 2.33. The highest BCUT2D eigenvalue weighted by molar-refractivity contribution is 6.35. The number of ether oxygens (including phenoxy) is 1. The molecule has 1 heterocycles. The molecule has 0 saturated heterocycles. The van der Waals surface area contributed by atoms with Crippen LogP contribution in [0.1, 0.15) is 11.3 Å². The third-order valence-corrected chi connectivity index (χ3v) is 3.72. The molecule has 1 N–H and O–H groups in total. The molecule has 3 aromatic rings. The maximum atomic E-state index is 9.18. The molecule has 0 radical (unpaired) electrons. The van der Waals surface area contributed by atoms with Crippen molar-refractivity contribution in [3.63, 3.8) is 0 Å². The molecule has 0 aliphatic carbocycles. The summed E-state index contributed by atoms with van der Waals surface area (Å²) in [6, 6.07) is 15.0. The van der Waals surface area contributed by atoms with E-state index in [1.54, 1.807) is 6.07 Å². The number of nitrogens with zero attached hydrogens (tertiary/aromatic N) is 1. The Bertz CT molecular complexity index is 802. The van der Waals surface area contributed by atoms with Crippen molar-refractivity contribution in [2.75, 3.05) is 0 Å². The average Bonchev–Trinajstić information content (AvgIpc) is 2.51. The van der Waals surface area contributed by atoms with Gasteiger partial charge in [0, 0.05) is 27.6 Å². The molecule has 21 heavy (non-hydrogen) atoms. The minimum Gasteiger partial charge on any atom is -0.438 e. The summed E-state index contributed by atoms with van der Waals surface area (Å²) in [4.78, 5) is 4.35. The molecular weight excluding hydrogens is 286 g/mol. The van der Waals surface area contributed by atoms with Crippen molar-refractivity contribution >= 4 is 22.4 Å². The number of benzene rings is 2. The van der Waals surface area contributed by atoms with Crippen molar-refractivity contribution < 1.29 is 9.84 Å². The molecule has 1 aromatic heterocycles. The van der Waals surface area contributed by atoms with Gasteiger partial charge in [0.15, 0.2) is 0 Å². The minimum absolute atomic E-state index is 0.0248. The first kappa shape index (κ1) is 13.9. The number of hydrogen-bond acceptors (Lipinski definition) is 3. The molecule has 0 atom stereocenters. The van der Waals surface area contributed by atoms with Crippen LogP contribution >= 0.6 is 11.6 Å². The highest BCUT2D eigenvalue weighted by Gasteiger charge is 2.08. The predicted octanol–water partition coefficient (Wildman–Crippen LogP) is 4.48. The summed E-state index contributed by atoms with van der Waals surface area (Å²) in [6.45, 7) is 1.82. The Labute approximate surface area is 127 Å². The topological polar surface area (TPSA) is 42.4 Å². The van der Waals surface area contributed by atoms with E-state index in [1.165, 1.54) is 0 Å². The third-order valence-electron chi connectivity index (χ3n) is 3.39. The zero-order valence-electron chi connectivity index (χ0n) is 11.5. The molecule has 4 heteroatoms. The first-order valence-electron chi connectivity index (χ1n) is 6.61. The molecule has 106 valence electrons. The normalized spacial score (nSPS) is 10.8. The van der Waals surface area contributed by atoms with Crippen LogP contribution in [-0.4, -0.2) is 10.1 Å². The second-order valence-corrected chi connectivity index (χ2v) is 5.15. The molecule has 0 fully saturated rings. The second kappa shape index (κ2) is 5.72. The van der Waals surface area contributed by atoms with Crippen LogP contribution in [0.5, 0.6) is 11.6 Å². The number of fused-ring (bicyclic) bond motifs is 1. The monoisotopic (exact) mass is 299 g/mol. The van der Waals surface area contributed by atoms with Gasteiger partial charge in [-0.3, -0.25) is 0 Å². The van der Waals surface area contributed by atoms with E-state index in [0.29, 0.717) is 16.7 Å². The lowest BCUT2D eigenvalue weighted by Gasteiger charge is -2.10. The molecule has 0 amide bonds. The molecule has 0 bridgehead atoms. The fourth-order valence-corrected chi connectivity index (χ4v) is 2.45. The fraction of sp³-hybridized carbons (Fsp3) is 0.118. The Morgan fingerprint density at radius 2 is 1.81 bits per heavy atom. The Kier molecular flexibility index (Phi) is 3.78. The van der Waals surface area contributed by atoms with Crippen molar-refractivity contribution in [3.8, 4) is 11.6 Å². The van der Waals surface area contributed by atoms with Gasteiger partial charge in [-0.2, -0.15) is 0 Å². The van der Waals surface area contributed by atoms with E-state index < -0.39 is 0 Å². The summed E-state index contributed by atoms with van der Waals surface area (Å²) in [5.41, 5.74) is 1.55. The van der Waals surface area contributed by atoms with E-state index in [0.717, 1.165) is 22.0 Å². The van der Waals surface area contributed by atoms with Gasteiger partial charge in [0.2, 0.25) is 5.88 Å². The first-order chi connectivity index (χ1) is 10.2. The van der Waals surface area contributed by atoms with Crippen LogP contribution in [0.3, 0.4) is 0 Å². The number of pyridine rings is 1. The van der Waals surface area contributed by atoms with Gasteiger partial charge in [0.25, 0.3) is 0 Å². The zero-order valence-corrected chi connectivity index (χ0v) is 12.3. The SMILES string of the molecule is Cc1nc(Oc2ccc(Cl)c3ccccc23)ccc1CO. The maximum absolute atomic E-state index is 9.18. The number of rotatable bonds is 3. The molecule has 0 saturated carbocycles. The molecule has 3 rings (SSSR count). The zero-order chi connectivity index (χ0) is 14.8. The predicted molar refractivity (Wildman–Crippen MR) is 83.9 cm³/mol. The van der Waals surface area contributed by atoms with Crippen LogP contribution in [0.2, 0.25) is 5.02 Å². The van der Waals surface area contributed by atoms with Gasteiger partial charge in [0.1, 0.15) is 5.75 Å². The summed E-state index contributed by atoms with van der Waals surface area (Å²) >= 11 is 6.20. The van der Waals surface area contributed by atoms with Crippen molar-refractivity contribution in [1.29, 1.82) is 0 Å². The minimum atomic E-state index is -0.0248. The van der Waals surface area contributed by atoms with Crippen LogP contribution in [0.4, 0.5) is 0 Å². The third kappa shape index (κ3) is 2.71. The van der Waals surface area contributed by atoms with Crippen LogP contribution < -0.4 is 4.74 Å². The number of aryl methyl sites for hydroxylation is 1. The summed E-state index contributed by atoms with van der Waals surface area (Å²) in [7, 11) is 0. The Morgan fingerprint density at radius 1 is 1.05 bits per heavy atom. The van der Waals surface area contributed by atoms with Crippen molar-refractivity contribution in [2.24, 2.45) is 0 Å². The molecule has 0 aliphatic rings. The van der Waals surface area contributed by atoms with Gasteiger partial charge < -0.3 is 9.84 Å². The Balaban J connectivity index is 2.02. The number of aliphatic hydroxyl groups excluding tert-OH is 1. The van der Waals surface area contributed by atoms with E-state index in [2.05, 4.69) is 4.98 Å². The molecule has 0 aliphatic heterocycles. The highest BCUT2D eigenvalue weighted by atomic mass is 35.5. The molecule has 3 nitrogen and oxygen atoms in total. The van der Waals surface area contributed by atoms with Crippen molar-refractivity contribution in [3.05, 3.63) is 64.8 Å². The Hall–Kier alpha value is -2.10. The van der Waals surface area contributed by atoms with Gasteiger partial charge >= 0.3 is 0 Å². The maximum Gasteiger partial charge on any atom is 0.219 e. The lowest BCUT2D eigenvalue weighted by Crippen LogP contribution is -1.95. The molecule has 0 unspecified atom stereocenters. The number of halogens is 1. The van der Waals surface area contributed by atoms with Crippen molar-refractivity contribution in [1.82, 2.24) is 4.98 Å². The quantitative estimate of drug-likeness (QED) is 0.775. The standard InChI is InChI=1S/C17H14ClNO2/c1-11-12(10-20)6-9-17(19-11)21-16-8-7-15(18)13-4-2-3-5-14(13)16/h2-9,20H,10H2,1H3. The first-order valence-corrected chi connectivity index (χ1v) is 6.99. The number of aliphatic hydroxyl groups is 1. The van der Waals surface area contributed by atoms with Crippen LogP contribution in [0, 0.1) is 6.92 Å². The van der Waals surface area contributed by atoms with Gasteiger partial charge in [-0.15, -0.1) is 0 Å². The van der Waals surface area contributed by atoms with Crippen LogP contribution in [0.25, 0.3) is 10.8 Å². The molecular formula is C17H14ClNO2. The average molecular weight is 300 g/mol. The Morgan fingerprint density at radius 3 is 2.52 bits per heavy atom. The van der Waals surface area contributed by atoms with Crippen molar-refractivity contribution in [2.45, 2.75) is 13.5 Å². The van der Waals surface area contributed by atoms with E-state index in [9.17, 15) is 5.11 Å². The lowest BCUT2D eigenvalue weighted by atomic mass is 10.1. The molecule has 0 spiro atoms. The molecule has 2 aromatic carbocycles. The number of hydrogen-bond donors (Lipinski definition) is 1. The van der Waals surface area contributed by atoms with E-state index in [-0.39, 0.29) is 6.61 Å². The summed E-state index contributed by atoms with van der Waals surface area (Å²) < 4.78 is 5.88.